The quantitative estimate of drug-likeness (QED) is 0.679. The van der Waals surface area contributed by atoms with Gasteiger partial charge in [-0.1, -0.05) is 18.2 Å². The van der Waals surface area contributed by atoms with Crippen molar-refractivity contribution in [1.82, 2.24) is 0 Å². The number of carbonyl (C=O) groups is 1. The summed E-state index contributed by atoms with van der Waals surface area (Å²) in [5.41, 5.74) is 2.33. The van der Waals surface area contributed by atoms with Gasteiger partial charge >= 0.3 is 31.1 Å². The van der Waals surface area contributed by atoms with Crippen LogP contribution in [0.3, 0.4) is 0 Å². The van der Waals surface area contributed by atoms with Crippen molar-refractivity contribution in [3.63, 3.8) is 0 Å². The molecule has 0 aliphatic carbocycles. The maximum absolute atomic E-state index is 11.8. The van der Waals surface area contributed by atoms with Gasteiger partial charge in [-0.2, -0.15) is 24.6 Å². The minimum absolute atomic E-state index is 0. The van der Waals surface area contributed by atoms with E-state index in [-0.39, 0.29) is 44.4 Å². The maximum Gasteiger partial charge on any atom is 2.00 e. The van der Waals surface area contributed by atoms with Crippen LogP contribution in [0.25, 0.3) is 0 Å². The van der Waals surface area contributed by atoms with Gasteiger partial charge in [-0.15, -0.1) is 12.1 Å². The molecule has 3 heteroatoms. The second-order valence-electron chi connectivity index (χ2n) is 3.52. The van der Waals surface area contributed by atoms with Gasteiger partial charge in [-0.05, 0) is 12.1 Å². The van der Waals surface area contributed by atoms with Crippen LogP contribution in [0.1, 0.15) is 15.9 Å². The average molecular weight is 463 g/mol. The second-order valence-corrected chi connectivity index (χ2v) is 3.52. The van der Waals surface area contributed by atoms with Crippen molar-refractivity contribution >= 4 is 11.6 Å². The number of benzene rings is 2. The third-order valence-electron chi connectivity index (χ3n) is 2.25. The van der Waals surface area contributed by atoms with E-state index in [2.05, 4.69) is 12.2 Å². The van der Waals surface area contributed by atoms with Crippen molar-refractivity contribution in [1.29, 1.82) is 0 Å². The Morgan fingerprint density at radius 2 is 1.50 bits per heavy atom. The van der Waals surface area contributed by atoms with E-state index < -0.39 is 0 Å². The van der Waals surface area contributed by atoms with E-state index in [1.54, 1.807) is 12.1 Å². The third kappa shape index (κ3) is 4.60. The first-order chi connectivity index (χ1) is 7.75. The van der Waals surface area contributed by atoms with Crippen molar-refractivity contribution < 1.29 is 35.9 Å². The van der Waals surface area contributed by atoms with Crippen LogP contribution in [-0.2, 0) is 0 Å². The molecular weight excluding hydrogens is 448 g/mol. The topological polar surface area (TPSA) is 29.1 Å². The van der Waals surface area contributed by atoms with Crippen LogP contribution in [0.2, 0.25) is 0 Å². The van der Waals surface area contributed by atoms with Crippen molar-refractivity contribution in [3.8, 4) is 0 Å². The number of carbonyl (C=O) groups excluding carboxylic acids is 1. The van der Waals surface area contributed by atoms with Crippen LogP contribution in [0.4, 0.5) is 5.69 Å². The first kappa shape index (κ1) is 16.8. The number of rotatable bonds is 2. The normalized spacial score (nSPS) is 8.67. The zero-order valence-corrected chi connectivity index (χ0v) is 14.5. The minimum atomic E-state index is -0.105. The first-order valence-electron chi connectivity index (χ1n) is 5.04. The number of para-hydroxylation sites is 1. The molecule has 0 aliphatic rings. The molecule has 18 heavy (non-hydrogen) atoms. The Balaban J connectivity index is 0.00000144. The van der Waals surface area contributed by atoms with Crippen LogP contribution in [0.5, 0.6) is 0 Å². The van der Waals surface area contributed by atoms with E-state index in [4.69, 9.17) is 0 Å². The van der Waals surface area contributed by atoms with E-state index in [0.29, 0.717) is 5.56 Å². The Bertz CT molecular complexity index is 480. The Morgan fingerprint density at radius 3 is 2.06 bits per heavy atom. The molecule has 2 nitrogen and oxygen atoms in total. The molecule has 0 aromatic heterocycles. The molecule has 0 saturated heterocycles. The van der Waals surface area contributed by atoms with E-state index in [1.165, 1.54) is 0 Å². The van der Waals surface area contributed by atoms with Crippen molar-refractivity contribution in [2.45, 2.75) is 0 Å². The Kier molecular flexibility index (Phi) is 7.50. The van der Waals surface area contributed by atoms with Crippen LogP contribution in [-0.4, -0.2) is 5.91 Å². The Hall–Kier alpha value is -1.17. The number of hydrogen-bond acceptors (Lipinski definition) is 1. The number of nitrogens with one attached hydrogen (secondary N) is 1. The molecule has 0 spiro atoms. The predicted octanol–water partition coefficient (Wildman–Crippen LogP) is 3.57. The van der Waals surface area contributed by atoms with Gasteiger partial charge in [0.25, 0.3) is 5.91 Å². The van der Waals surface area contributed by atoms with Gasteiger partial charge < -0.3 is 12.7 Å². The molecule has 0 unspecified atom stereocenters. The fourth-order valence-electron chi connectivity index (χ4n) is 1.38. The van der Waals surface area contributed by atoms with Crippen molar-refractivity contribution in [3.05, 3.63) is 80.1 Å². The van der Waals surface area contributed by atoms with Gasteiger partial charge in [0.15, 0.2) is 0 Å². The van der Waals surface area contributed by atoms with Crippen molar-refractivity contribution in [2.24, 2.45) is 0 Å². The molecule has 2 aromatic carbocycles. The van der Waals surface area contributed by atoms with Crippen LogP contribution < -0.4 is 5.32 Å². The molecule has 0 radical (unpaired) electrons. The second kappa shape index (κ2) is 8.03. The zero-order valence-electron chi connectivity index (χ0n) is 10.3. The summed E-state index contributed by atoms with van der Waals surface area (Å²) in [5.74, 6) is -0.105. The summed E-state index contributed by atoms with van der Waals surface area (Å²) in [6.45, 7) is 3.77. The van der Waals surface area contributed by atoms with Crippen LogP contribution in [0, 0.1) is 45.5 Å². The van der Waals surface area contributed by atoms with Gasteiger partial charge in [0, 0.05) is 11.3 Å². The summed E-state index contributed by atoms with van der Waals surface area (Å²) in [7, 11) is 0. The van der Waals surface area contributed by atoms with Crippen LogP contribution in [0.15, 0.2) is 54.6 Å². The van der Waals surface area contributed by atoms with Gasteiger partial charge in [0.1, 0.15) is 0 Å². The molecule has 90 valence electrons. The van der Waals surface area contributed by atoms with Gasteiger partial charge in [0.2, 0.25) is 0 Å². The predicted molar refractivity (Wildman–Crippen MR) is 71.7 cm³/mol. The molecule has 0 bridgehead atoms. The SMILES string of the molecule is [CH2-]c1ccc(C(=O)Nc2ccccc2)cc1.[CH3-].[U+2]. The molecule has 2 rings (SSSR count). The molecular formula is C15H15NOU. The number of hydrogen-bond donors (Lipinski definition) is 1. The Morgan fingerprint density at radius 1 is 0.944 bits per heavy atom. The molecule has 0 atom stereocenters. The minimum Gasteiger partial charge on any atom is -0.358 e. The van der Waals surface area contributed by atoms with E-state index in [9.17, 15) is 4.79 Å². The molecule has 0 heterocycles. The zero-order chi connectivity index (χ0) is 11.4. The summed E-state index contributed by atoms with van der Waals surface area (Å²) in [6.07, 6.45) is 0. The molecule has 1 amide bonds. The first-order valence-corrected chi connectivity index (χ1v) is 5.04. The molecule has 0 fully saturated rings. The Labute approximate surface area is 132 Å². The summed E-state index contributed by atoms with van der Waals surface area (Å²) in [5, 5.41) is 2.82. The summed E-state index contributed by atoms with van der Waals surface area (Å²) < 4.78 is 0. The smallest absolute Gasteiger partial charge is 0.358 e. The monoisotopic (exact) mass is 463 g/mol. The average Bonchev–Trinajstić information content (AvgIpc) is 2.31. The molecule has 1 N–H and O–H groups in total. The summed E-state index contributed by atoms with van der Waals surface area (Å²) in [6, 6.07) is 16.6. The maximum atomic E-state index is 11.8. The fourth-order valence-corrected chi connectivity index (χ4v) is 1.38. The number of anilines is 1. The standard InChI is InChI=1S/C14H12NO.CH3.U/c1-11-7-9-12(10-8-11)14(16)15-13-5-3-2-4-6-13;;/h2-10H,1H2,(H,15,16);1H3;/q2*-1;+2. The van der Waals surface area contributed by atoms with Crippen LogP contribution >= 0.6 is 0 Å². The third-order valence-corrected chi connectivity index (χ3v) is 2.25. The van der Waals surface area contributed by atoms with Gasteiger partial charge in [-0.25, -0.2) is 0 Å². The van der Waals surface area contributed by atoms with Gasteiger partial charge in [-0.3, -0.25) is 4.79 Å². The van der Waals surface area contributed by atoms with E-state index in [1.807, 2.05) is 42.5 Å². The number of amides is 1. The summed E-state index contributed by atoms with van der Waals surface area (Å²) in [4.78, 5) is 11.8. The largest absolute Gasteiger partial charge is 2.00 e. The molecule has 2 aromatic rings. The van der Waals surface area contributed by atoms with E-state index in [0.717, 1.165) is 11.3 Å². The van der Waals surface area contributed by atoms with Gasteiger partial charge in [0.05, 0.1) is 0 Å². The fraction of sp³-hybridized carbons (Fsp3) is 0. The van der Waals surface area contributed by atoms with Crippen molar-refractivity contribution in [2.75, 3.05) is 5.32 Å². The van der Waals surface area contributed by atoms with E-state index >= 15 is 0 Å². The summed E-state index contributed by atoms with van der Waals surface area (Å²) >= 11 is 0. The molecule has 0 aliphatic heterocycles. The molecule has 0 saturated carbocycles.